The van der Waals surface area contributed by atoms with E-state index >= 15 is 0 Å². The van der Waals surface area contributed by atoms with Crippen molar-refractivity contribution in [2.24, 2.45) is 0 Å². The van der Waals surface area contributed by atoms with E-state index in [4.69, 9.17) is 11.6 Å². The van der Waals surface area contributed by atoms with E-state index in [9.17, 15) is 26.3 Å². The van der Waals surface area contributed by atoms with Crippen molar-refractivity contribution in [1.82, 2.24) is 9.97 Å². The summed E-state index contributed by atoms with van der Waals surface area (Å²) in [5, 5.41) is -0.153. The molecule has 22 heavy (non-hydrogen) atoms. The van der Waals surface area contributed by atoms with Crippen LogP contribution in [0.1, 0.15) is 16.8 Å². The van der Waals surface area contributed by atoms with Gasteiger partial charge in [0, 0.05) is 18.1 Å². The highest BCUT2D eigenvalue weighted by molar-refractivity contribution is 6.29. The summed E-state index contributed by atoms with van der Waals surface area (Å²) >= 11 is 5.24. The largest absolute Gasteiger partial charge is 0.416 e. The number of aryl methyl sites for hydroxylation is 1. The van der Waals surface area contributed by atoms with Crippen molar-refractivity contribution in [3.8, 4) is 0 Å². The van der Waals surface area contributed by atoms with Gasteiger partial charge in [0.2, 0.25) is 0 Å². The van der Waals surface area contributed by atoms with Crippen LogP contribution in [-0.2, 0) is 12.4 Å². The number of nitrogens with zero attached hydrogens (tertiary/aromatic N) is 2. The van der Waals surface area contributed by atoms with Crippen LogP contribution in [0.3, 0.4) is 0 Å². The summed E-state index contributed by atoms with van der Waals surface area (Å²) in [6, 6.07) is 3.61. The van der Waals surface area contributed by atoms with Crippen molar-refractivity contribution in [2.45, 2.75) is 19.3 Å². The van der Waals surface area contributed by atoms with Crippen LogP contribution >= 0.6 is 11.6 Å². The number of halogens is 7. The van der Waals surface area contributed by atoms with Crippen molar-refractivity contribution < 1.29 is 26.3 Å². The van der Waals surface area contributed by atoms with Gasteiger partial charge in [-0.1, -0.05) is 11.6 Å². The van der Waals surface area contributed by atoms with E-state index in [0.717, 1.165) is 36.7 Å². The highest BCUT2D eigenvalue weighted by Crippen LogP contribution is 2.30. The molecular weight excluding hydrogens is 334 g/mol. The van der Waals surface area contributed by atoms with Crippen LogP contribution in [0.15, 0.2) is 36.7 Å². The van der Waals surface area contributed by atoms with Gasteiger partial charge in [0.25, 0.3) is 0 Å². The zero-order chi connectivity index (χ0) is 17.0. The summed E-state index contributed by atoms with van der Waals surface area (Å²) in [6.45, 7) is 1.52. The van der Waals surface area contributed by atoms with E-state index in [-0.39, 0.29) is 5.15 Å². The molecular formula is C13H9ClF6N2. The smallest absolute Gasteiger partial charge is 0.262 e. The van der Waals surface area contributed by atoms with E-state index in [1.165, 1.54) is 6.92 Å². The number of hydrogen-bond acceptors (Lipinski definition) is 2. The molecule has 2 heterocycles. The third kappa shape index (κ3) is 5.88. The van der Waals surface area contributed by atoms with Gasteiger partial charge in [0.1, 0.15) is 5.15 Å². The number of hydrogen-bond donors (Lipinski definition) is 0. The molecule has 0 bridgehead atoms. The summed E-state index contributed by atoms with van der Waals surface area (Å²) in [4.78, 5) is 7.07. The average Bonchev–Trinajstić information content (AvgIpc) is 2.37. The second-order valence-electron chi connectivity index (χ2n) is 4.05. The van der Waals surface area contributed by atoms with E-state index in [1.807, 2.05) is 0 Å². The molecule has 0 unspecified atom stereocenters. The number of alkyl halides is 6. The Hall–Kier alpha value is -1.83. The predicted molar refractivity (Wildman–Crippen MR) is 68.2 cm³/mol. The lowest BCUT2D eigenvalue weighted by Gasteiger charge is -2.05. The second kappa shape index (κ2) is 6.95. The van der Waals surface area contributed by atoms with Gasteiger partial charge in [0.15, 0.2) is 0 Å². The van der Waals surface area contributed by atoms with E-state index in [0.29, 0.717) is 5.69 Å². The van der Waals surface area contributed by atoms with Crippen LogP contribution in [0, 0.1) is 6.92 Å². The van der Waals surface area contributed by atoms with Crippen LogP contribution in [0.4, 0.5) is 26.3 Å². The maximum Gasteiger partial charge on any atom is 0.416 e. The molecule has 0 saturated heterocycles. The molecule has 9 heteroatoms. The van der Waals surface area contributed by atoms with Crippen LogP contribution in [0.25, 0.3) is 0 Å². The molecule has 0 fully saturated rings. The summed E-state index contributed by atoms with van der Waals surface area (Å²) in [7, 11) is 0. The Bertz CT molecular complexity index is 569. The van der Waals surface area contributed by atoms with Crippen LogP contribution < -0.4 is 0 Å². The third-order valence-corrected chi connectivity index (χ3v) is 2.48. The Morgan fingerprint density at radius 1 is 0.818 bits per heavy atom. The first-order valence-corrected chi connectivity index (χ1v) is 6.06. The first-order chi connectivity index (χ1) is 10.00. The zero-order valence-corrected chi connectivity index (χ0v) is 11.8. The summed E-state index contributed by atoms with van der Waals surface area (Å²) < 4.78 is 71.5. The molecule has 0 aromatic carbocycles. The fourth-order valence-corrected chi connectivity index (χ4v) is 1.47. The Balaban J connectivity index is 0.000000220. The summed E-state index contributed by atoms with van der Waals surface area (Å²) in [6.07, 6.45) is -6.43. The van der Waals surface area contributed by atoms with Gasteiger partial charge in [-0.15, -0.1) is 0 Å². The molecule has 0 N–H and O–H groups in total. The molecule has 0 spiro atoms. The maximum atomic E-state index is 11.9. The fraction of sp³-hybridized carbons (Fsp3) is 0.231. The summed E-state index contributed by atoms with van der Waals surface area (Å²) in [5.41, 5.74) is -1.05. The van der Waals surface area contributed by atoms with Crippen molar-refractivity contribution in [1.29, 1.82) is 0 Å². The van der Waals surface area contributed by atoms with E-state index < -0.39 is 23.5 Å². The molecule has 2 nitrogen and oxygen atoms in total. The quantitative estimate of drug-likeness (QED) is 0.488. The average molecular weight is 343 g/mol. The maximum absolute atomic E-state index is 11.9. The lowest BCUT2D eigenvalue weighted by atomic mass is 10.2. The van der Waals surface area contributed by atoms with Crippen LogP contribution in [0.2, 0.25) is 5.15 Å². The predicted octanol–water partition coefficient (Wildman–Crippen LogP) is 5.16. The fourth-order valence-electron chi connectivity index (χ4n) is 1.30. The molecule has 2 aromatic rings. The Morgan fingerprint density at radius 2 is 1.27 bits per heavy atom. The zero-order valence-electron chi connectivity index (χ0n) is 11.0. The Labute approximate surface area is 126 Å². The van der Waals surface area contributed by atoms with Gasteiger partial charge in [-0.3, -0.25) is 4.98 Å². The molecule has 0 aliphatic carbocycles. The van der Waals surface area contributed by atoms with Gasteiger partial charge in [-0.05, 0) is 31.2 Å². The van der Waals surface area contributed by atoms with Crippen LogP contribution in [0.5, 0.6) is 0 Å². The normalized spacial score (nSPS) is 11.6. The Kier molecular flexibility index (Phi) is 5.76. The minimum atomic E-state index is -4.34. The first-order valence-electron chi connectivity index (χ1n) is 5.69. The minimum Gasteiger partial charge on any atom is -0.262 e. The van der Waals surface area contributed by atoms with Crippen molar-refractivity contribution in [2.75, 3.05) is 0 Å². The molecule has 0 radical (unpaired) electrons. The number of rotatable bonds is 0. The molecule has 0 atom stereocenters. The van der Waals surface area contributed by atoms with Crippen molar-refractivity contribution in [3.63, 3.8) is 0 Å². The molecule has 2 rings (SSSR count). The monoisotopic (exact) mass is 342 g/mol. The standard InChI is InChI=1S/C7H6F3N.C6H3ClF3N/c1-5-4-6(2-3-11-5)7(8,9)10;7-5-3-4(1-2-11-5)6(8,9)10/h2-4H,1H3;1-3H. The van der Waals surface area contributed by atoms with Gasteiger partial charge in [-0.25, -0.2) is 4.98 Å². The molecule has 120 valence electrons. The Morgan fingerprint density at radius 3 is 1.59 bits per heavy atom. The van der Waals surface area contributed by atoms with Gasteiger partial charge < -0.3 is 0 Å². The van der Waals surface area contributed by atoms with Crippen molar-refractivity contribution >= 4 is 11.6 Å². The van der Waals surface area contributed by atoms with Crippen LogP contribution in [-0.4, -0.2) is 9.97 Å². The topological polar surface area (TPSA) is 25.8 Å². The van der Waals surface area contributed by atoms with Gasteiger partial charge >= 0.3 is 12.4 Å². The second-order valence-corrected chi connectivity index (χ2v) is 4.44. The molecule has 0 amide bonds. The highest BCUT2D eigenvalue weighted by atomic mass is 35.5. The lowest BCUT2D eigenvalue weighted by molar-refractivity contribution is -0.138. The number of pyridine rings is 2. The summed E-state index contributed by atoms with van der Waals surface area (Å²) in [5.74, 6) is 0. The molecule has 0 saturated carbocycles. The molecule has 0 aliphatic heterocycles. The SMILES string of the molecule is Cc1cc(C(F)(F)F)ccn1.FC(F)(F)c1ccnc(Cl)c1. The first kappa shape index (κ1) is 18.2. The molecule has 0 aliphatic rings. The van der Waals surface area contributed by atoms with Gasteiger partial charge in [0.05, 0.1) is 11.1 Å². The molecule has 2 aromatic heterocycles. The highest BCUT2D eigenvalue weighted by Gasteiger charge is 2.31. The lowest BCUT2D eigenvalue weighted by Crippen LogP contribution is -2.05. The third-order valence-electron chi connectivity index (χ3n) is 2.28. The van der Waals surface area contributed by atoms with E-state index in [2.05, 4.69) is 9.97 Å². The van der Waals surface area contributed by atoms with Crippen molar-refractivity contribution in [3.05, 3.63) is 58.6 Å². The van der Waals surface area contributed by atoms with E-state index in [1.54, 1.807) is 0 Å². The minimum absolute atomic E-state index is 0.153. The number of aromatic nitrogens is 2. The van der Waals surface area contributed by atoms with Gasteiger partial charge in [-0.2, -0.15) is 26.3 Å².